The first-order valence-corrected chi connectivity index (χ1v) is 5.62. The Morgan fingerprint density at radius 2 is 2.19 bits per heavy atom. The zero-order valence-electron chi connectivity index (χ0n) is 8.56. The Morgan fingerprint density at radius 1 is 1.31 bits per heavy atom. The predicted octanol–water partition coefficient (Wildman–Crippen LogP) is 3.01. The molecule has 0 saturated heterocycles. The Bertz CT molecular complexity index is 474. The van der Waals surface area contributed by atoms with Gasteiger partial charge < -0.3 is 10.5 Å². The van der Waals surface area contributed by atoms with Crippen LogP contribution in [0.1, 0.15) is 5.56 Å². The van der Waals surface area contributed by atoms with Crippen LogP contribution < -0.4 is 10.5 Å². The molecule has 16 heavy (non-hydrogen) atoms. The number of nitrogens with zero attached hydrogens (tertiary/aromatic N) is 1. The highest BCUT2D eigenvalue weighted by Gasteiger charge is 2.01. The fourth-order valence-corrected chi connectivity index (χ4v) is 1.64. The molecule has 0 aliphatic heterocycles. The minimum atomic E-state index is 0.482. The second-order valence-electron chi connectivity index (χ2n) is 3.34. The smallest absolute Gasteiger partial charge is 0.136 e. The molecule has 0 amide bonds. The second-order valence-corrected chi connectivity index (χ2v) is 4.19. The van der Waals surface area contributed by atoms with Crippen LogP contribution >= 0.6 is 15.9 Å². The second kappa shape index (κ2) is 4.99. The van der Waals surface area contributed by atoms with E-state index >= 15 is 0 Å². The number of hydrogen-bond acceptors (Lipinski definition) is 3. The van der Waals surface area contributed by atoms with Crippen molar-refractivity contribution in [1.82, 2.24) is 4.98 Å². The van der Waals surface area contributed by atoms with Crippen molar-refractivity contribution in [2.45, 2.75) is 6.61 Å². The third-order valence-corrected chi connectivity index (χ3v) is 2.73. The number of anilines is 1. The molecule has 0 fully saturated rings. The Labute approximate surface area is 102 Å². The molecule has 0 radical (unpaired) electrons. The summed E-state index contributed by atoms with van der Waals surface area (Å²) in [6, 6.07) is 9.33. The van der Waals surface area contributed by atoms with E-state index in [0.29, 0.717) is 12.3 Å². The molecule has 1 heterocycles. The molecule has 82 valence electrons. The van der Waals surface area contributed by atoms with Crippen LogP contribution in [0.15, 0.2) is 47.2 Å². The van der Waals surface area contributed by atoms with Crippen molar-refractivity contribution in [3.63, 3.8) is 0 Å². The molecule has 1 aromatic heterocycles. The SMILES string of the molecule is Nc1ccc(Br)c(OCc2cccnc2)c1. The van der Waals surface area contributed by atoms with Gasteiger partial charge >= 0.3 is 0 Å². The highest BCUT2D eigenvalue weighted by molar-refractivity contribution is 9.10. The molecule has 4 heteroatoms. The summed E-state index contributed by atoms with van der Waals surface area (Å²) in [5.41, 5.74) is 7.39. The van der Waals surface area contributed by atoms with E-state index in [1.165, 1.54) is 0 Å². The number of benzene rings is 1. The Morgan fingerprint density at radius 3 is 2.94 bits per heavy atom. The van der Waals surface area contributed by atoms with Crippen molar-refractivity contribution in [2.24, 2.45) is 0 Å². The summed E-state index contributed by atoms with van der Waals surface area (Å²) in [5.74, 6) is 0.740. The standard InChI is InChI=1S/C12H11BrN2O/c13-11-4-3-10(14)6-12(11)16-8-9-2-1-5-15-7-9/h1-7H,8,14H2. The predicted molar refractivity (Wildman–Crippen MR) is 67.1 cm³/mol. The molecule has 0 saturated carbocycles. The van der Waals surface area contributed by atoms with Gasteiger partial charge in [-0.2, -0.15) is 0 Å². The normalized spacial score (nSPS) is 10.1. The van der Waals surface area contributed by atoms with Gasteiger partial charge in [-0.15, -0.1) is 0 Å². The molecule has 1 aromatic carbocycles. The molecular formula is C12H11BrN2O. The van der Waals surface area contributed by atoms with Crippen molar-refractivity contribution >= 4 is 21.6 Å². The molecule has 0 aliphatic rings. The zero-order chi connectivity index (χ0) is 11.4. The first kappa shape index (κ1) is 11.0. The topological polar surface area (TPSA) is 48.1 Å². The maximum absolute atomic E-state index is 5.68. The number of hydrogen-bond donors (Lipinski definition) is 1. The van der Waals surface area contributed by atoms with E-state index in [1.807, 2.05) is 24.3 Å². The third kappa shape index (κ3) is 2.73. The lowest BCUT2D eigenvalue weighted by molar-refractivity contribution is 0.304. The molecule has 0 aliphatic carbocycles. The van der Waals surface area contributed by atoms with Gasteiger partial charge in [0.25, 0.3) is 0 Å². The summed E-state index contributed by atoms with van der Waals surface area (Å²) in [4.78, 5) is 4.02. The molecular weight excluding hydrogens is 268 g/mol. The number of nitrogens with two attached hydrogens (primary N) is 1. The van der Waals surface area contributed by atoms with E-state index in [1.54, 1.807) is 18.5 Å². The van der Waals surface area contributed by atoms with Crippen LogP contribution in [0.2, 0.25) is 0 Å². The number of rotatable bonds is 3. The number of halogens is 1. The Kier molecular flexibility index (Phi) is 3.41. The van der Waals surface area contributed by atoms with Crippen molar-refractivity contribution in [3.8, 4) is 5.75 Å². The molecule has 2 N–H and O–H groups in total. The summed E-state index contributed by atoms with van der Waals surface area (Å²) in [6.45, 7) is 0.482. The number of ether oxygens (including phenoxy) is 1. The first-order chi connectivity index (χ1) is 7.75. The molecule has 2 aromatic rings. The summed E-state index contributed by atoms with van der Waals surface area (Å²) in [5, 5.41) is 0. The summed E-state index contributed by atoms with van der Waals surface area (Å²) >= 11 is 3.41. The molecule has 3 nitrogen and oxygen atoms in total. The fourth-order valence-electron chi connectivity index (χ4n) is 1.28. The summed E-state index contributed by atoms with van der Waals surface area (Å²) in [7, 11) is 0. The molecule has 0 atom stereocenters. The van der Waals surface area contributed by atoms with E-state index in [-0.39, 0.29) is 0 Å². The zero-order valence-corrected chi connectivity index (χ0v) is 10.1. The first-order valence-electron chi connectivity index (χ1n) is 4.82. The highest BCUT2D eigenvalue weighted by Crippen LogP contribution is 2.27. The van der Waals surface area contributed by atoms with Crippen LogP contribution in [0.4, 0.5) is 5.69 Å². The van der Waals surface area contributed by atoms with Gasteiger partial charge in [-0.1, -0.05) is 6.07 Å². The minimum Gasteiger partial charge on any atom is -0.488 e. The van der Waals surface area contributed by atoms with Crippen molar-refractivity contribution < 1.29 is 4.74 Å². The van der Waals surface area contributed by atoms with Crippen LogP contribution in [0.3, 0.4) is 0 Å². The van der Waals surface area contributed by atoms with Crippen LogP contribution in [0.5, 0.6) is 5.75 Å². The van der Waals surface area contributed by atoms with Crippen LogP contribution in [-0.4, -0.2) is 4.98 Å². The van der Waals surface area contributed by atoms with E-state index in [0.717, 1.165) is 15.8 Å². The van der Waals surface area contributed by atoms with Gasteiger partial charge in [-0.25, -0.2) is 0 Å². The lowest BCUT2D eigenvalue weighted by atomic mass is 10.3. The summed E-state index contributed by atoms with van der Waals surface area (Å²) in [6.07, 6.45) is 3.51. The van der Waals surface area contributed by atoms with Crippen LogP contribution in [-0.2, 0) is 6.61 Å². The van der Waals surface area contributed by atoms with Gasteiger partial charge in [0.1, 0.15) is 12.4 Å². The van der Waals surface area contributed by atoms with Gasteiger partial charge in [0.15, 0.2) is 0 Å². The van der Waals surface area contributed by atoms with E-state index in [2.05, 4.69) is 20.9 Å². The van der Waals surface area contributed by atoms with E-state index < -0.39 is 0 Å². The van der Waals surface area contributed by atoms with Gasteiger partial charge in [0.05, 0.1) is 4.47 Å². The lowest BCUT2D eigenvalue weighted by Gasteiger charge is -2.08. The highest BCUT2D eigenvalue weighted by atomic mass is 79.9. The average Bonchev–Trinajstić information content (AvgIpc) is 2.32. The van der Waals surface area contributed by atoms with Crippen molar-refractivity contribution in [1.29, 1.82) is 0 Å². The van der Waals surface area contributed by atoms with E-state index in [9.17, 15) is 0 Å². The van der Waals surface area contributed by atoms with Gasteiger partial charge in [-0.3, -0.25) is 4.98 Å². The number of nitrogen functional groups attached to an aromatic ring is 1. The van der Waals surface area contributed by atoms with E-state index in [4.69, 9.17) is 10.5 Å². The lowest BCUT2D eigenvalue weighted by Crippen LogP contribution is -1.97. The van der Waals surface area contributed by atoms with Crippen LogP contribution in [0.25, 0.3) is 0 Å². The van der Waals surface area contributed by atoms with Gasteiger partial charge in [-0.05, 0) is 34.1 Å². The summed E-state index contributed by atoms with van der Waals surface area (Å²) < 4.78 is 6.53. The maximum atomic E-state index is 5.68. The molecule has 0 unspecified atom stereocenters. The van der Waals surface area contributed by atoms with Gasteiger partial charge in [0.2, 0.25) is 0 Å². The van der Waals surface area contributed by atoms with Crippen molar-refractivity contribution in [3.05, 3.63) is 52.8 Å². The number of aromatic nitrogens is 1. The van der Waals surface area contributed by atoms with Crippen molar-refractivity contribution in [2.75, 3.05) is 5.73 Å². The maximum Gasteiger partial charge on any atom is 0.136 e. The minimum absolute atomic E-state index is 0.482. The fraction of sp³-hybridized carbons (Fsp3) is 0.0833. The largest absolute Gasteiger partial charge is 0.488 e. The average molecular weight is 279 g/mol. The Balaban J connectivity index is 2.08. The Hall–Kier alpha value is -1.55. The molecule has 0 spiro atoms. The van der Waals surface area contributed by atoms with Gasteiger partial charge in [0, 0.05) is 29.7 Å². The quantitative estimate of drug-likeness (QED) is 0.878. The monoisotopic (exact) mass is 278 g/mol. The number of pyridine rings is 1. The van der Waals surface area contributed by atoms with Crippen LogP contribution in [0, 0.1) is 0 Å². The molecule has 2 rings (SSSR count). The molecule has 0 bridgehead atoms. The third-order valence-electron chi connectivity index (χ3n) is 2.07.